The van der Waals surface area contributed by atoms with Gasteiger partial charge in [0, 0.05) is 29.7 Å². The van der Waals surface area contributed by atoms with E-state index in [2.05, 4.69) is 12.2 Å². The van der Waals surface area contributed by atoms with Crippen molar-refractivity contribution in [3.63, 3.8) is 0 Å². The minimum atomic E-state index is -0.395. The zero-order chi connectivity index (χ0) is 14.5. The van der Waals surface area contributed by atoms with E-state index in [-0.39, 0.29) is 11.7 Å². The molecule has 0 saturated heterocycles. The van der Waals surface area contributed by atoms with Crippen LogP contribution in [0.5, 0.6) is 0 Å². The van der Waals surface area contributed by atoms with Crippen LogP contribution in [0.4, 0.5) is 5.69 Å². The van der Waals surface area contributed by atoms with Gasteiger partial charge in [-0.05, 0) is 30.2 Å². The molecule has 20 heavy (non-hydrogen) atoms. The van der Waals surface area contributed by atoms with Gasteiger partial charge in [0.05, 0.1) is 4.92 Å². The van der Waals surface area contributed by atoms with Gasteiger partial charge in [0.25, 0.3) is 5.69 Å². The lowest BCUT2D eigenvalue weighted by atomic mass is 10.1. The third kappa shape index (κ3) is 3.79. The highest BCUT2D eigenvalue weighted by molar-refractivity contribution is 6.30. The van der Waals surface area contributed by atoms with E-state index in [4.69, 9.17) is 11.6 Å². The van der Waals surface area contributed by atoms with Crippen LogP contribution < -0.4 is 5.32 Å². The van der Waals surface area contributed by atoms with Crippen molar-refractivity contribution < 1.29 is 4.92 Å². The van der Waals surface area contributed by atoms with Crippen LogP contribution in [-0.2, 0) is 6.54 Å². The molecule has 5 heteroatoms. The van der Waals surface area contributed by atoms with Gasteiger partial charge in [-0.3, -0.25) is 10.1 Å². The summed E-state index contributed by atoms with van der Waals surface area (Å²) in [5.74, 6) is 0. The first-order valence-electron chi connectivity index (χ1n) is 6.28. The van der Waals surface area contributed by atoms with Crippen LogP contribution in [0.25, 0.3) is 0 Å². The number of hydrogen-bond donors (Lipinski definition) is 1. The molecule has 2 aromatic rings. The molecule has 0 spiro atoms. The van der Waals surface area contributed by atoms with Crippen LogP contribution in [0.15, 0.2) is 48.5 Å². The van der Waals surface area contributed by atoms with Gasteiger partial charge in [-0.15, -0.1) is 0 Å². The van der Waals surface area contributed by atoms with Crippen LogP contribution in [0.1, 0.15) is 24.1 Å². The number of nitrogens with one attached hydrogen (secondary N) is 1. The minimum Gasteiger partial charge on any atom is -0.306 e. The fourth-order valence-corrected chi connectivity index (χ4v) is 2.00. The third-order valence-corrected chi connectivity index (χ3v) is 3.38. The normalized spacial score (nSPS) is 12.1. The first kappa shape index (κ1) is 14.5. The molecule has 2 rings (SSSR count). The molecular weight excluding hydrogens is 276 g/mol. The van der Waals surface area contributed by atoms with Crippen molar-refractivity contribution in [2.24, 2.45) is 0 Å². The molecule has 0 aliphatic heterocycles. The molecule has 0 bridgehead atoms. The lowest BCUT2D eigenvalue weighted by molar-refractivity contribution is -0.384. The van der Waals surface area contributed by atoms with Crippen molar-refractivity contribution >= 4 is 17.3 Å². The molecule has 104 valence electrons. The quantitative estimate of drug-likeness (QED) is 0.666. The molecule has 0 saturated carbocycles. The van der Waals surface area contributed by atoms with E-state index in [9.17, 15) is 10.1 Å². The van der Waals surface area contributed by atoms with E-state index in [1.54, 1.807) is 12.1 Å². The lowest BCUT2D eigenvalue weighted by Crippen LogP contribution is -2.17. The number of rotatable bonds is 5. The average Bonchev–Trinajstić information content (AvgIpc) is 2.46. The standard InChI is InChI=1S/C15H15ClN2O2/c1-11(13-4-6-14(16)7-5-13)17-10-12-2-8-15(9-3-12)18(19)20/h2-9,11,17H,10H2,1H3/t11-/m0/s1. The molecule has 0 amide bonds. The van der Waals surface area contributed by atoms with Gasteiger partial charge in [0.2, 0.25) is 0 Å². The maximum Gasteiger partial charge on any atom is 0.269 e. The Morgan fingerprint density at radius 1 is 1.15 bits per heavy atom. The smallest absolute Gasteiger partial charge is 0.269 e. The molecule has 0 aliphatic rings. The fraction of sp³-hybridized carbons (Fsp3) is 0.200. The Hall–Kier alpha value is -1.91. The number of halogens is 1. The van der Waals surface area contributed by atoms with E-state index in [0.29, 0.717) is 6.54 Å². The molecule has 1 N–H and O–H groups in total. The second-order valence-corrected chi connectivity index (χ2v) is 5.01. The molecule has 0 fully saturated rings. The number of benzene rings is 2. The number of non-ortho nitro benzene ring substituents is 1. The summed E-state index contributed by atoms with van der Waals surface area (Å²) in [5, 5.41) is 14.7. The van der Waals surface area contributed by atoms with Gasteiger partial charge in [-0.25, -0.2) is 0 Å². The molecular formula is C15H15ClN2O2. The Morgan fingerprint density at radius 3 is 2.30 bits per heavy atom. The predicted octanol–water partition coefficient (Wildman–Crippen LogP) is 4.10. The Kier molecular flexibility index (Phi) is 4.71. The van der Waals surface area contributed by atoms with Gasteiger partial charge in [0.15, 0.2) is 0 Å². The molecule has 0 unspecified atom stereocenters. The largest absolute Gasteiger partial charge is 0.306 e. The molecule has 0 heterocycles. The summed E-state index contributed by atoms with van der Waals surface area (Å²) in [7, 11) is 0. The Labute approximate surface area is 122 Å². The number of nitrogens with zero attached hydrogens (tertiary/aromatic N) is 1. The highest BCUT2D eigenvalue weighted by atomic mass is 35.5. The second-order valence-electron chi connectivity index (χ2n) is 4.58. The van der Waals surface area contributed by atoms with Gasteiger partial charge in [-0.1, -0.05) is 35.9 Å². The summed E-state index contributed by atoms with van der Waals surface area (Å²) in [6, 6.07) is 14.4. The topological polar surface area (TPSA) is 55.2 Å². The molecule has 4 nitrogen and oxygen atoms in total. The number of nitro groups is 1. The molecule has 0 aliphatic carbocycles. The number of hydrogen-bond acceptors (Lipinski definition) is 3. The maximum absolute atomic E-state index is 10.6. The van der Waals surface area contributed by atoms with Gasteiger partial charge < -0.3 is 5.32 Å². The fourth-order valence-electron chi connectivity index (χ4n) is 1.88. The van der Waals surface area contributed by atoms with E-state index < -0.39 is 4.92 Å². The van der Waals surface area contributed by atoms with Crippen molar-refractivity contribution in [1.29, 1.82) is 0 Å². The Morgan fingerprint density at radius 2 is 1.75 bits per heavy atom. The summed E-state index contributed by atoms with van der Waals surface area (Å²) in [6.45, 7) is 2.72. The first-order chi connectivity index (χ1) is 9.56. The molecule has 0 aromatic heterocycles. The summed E-state index contributed by atoms with van der Waals surface area (Å²) >= 11 is 5.85. The Bertz CT molecular complexity index is 582. The Balaban J connectivity index is 1.94. The van der Waals surface area contributed by atoms with Crippen LogP contribution in [0, 0.1) is 10.1 Å². The van der Waals surface area contributed by atoms with E-state index in [0.717, 1.165) is 16.1 Å². The number of nitro benzene ring substituents is 1. The molecule has 2 aromatic carbocycles. The second kappa shape index (κ2) is 6.50. The van der Waals surface area contributed by atoms with E-state index in [1.165, 1.54) is 12.1 Å². The highest BCUT2D eigenvalue weighted by Crippen LogP contribution is 2.17. The van der Waals surface area contributed by atoms with Crippen LogP contribution in [-0.4, -0.2) is 4.92 Å². The SMILES string of the molecule is C[C@H](NCc1ccc([N+](=O)[O-])cc1)c1ccc(Cl)cc1. The average molecular weight is 291 g/mol. The summed E-state index contributed by atoms with van der Waals surface area (Å²) in [4.78, 5) is 10.2. The van der Waals surface area contributed by atoms with Gasteiger partial charge >= 0.3 is 0 Å². The van der Waals surface area contributed by atoms with Crippen molar-refractivity contribution in [3.05, 3.63) is 74.8 Å². The van der Waals surface area contributed by atoms with Crippen LogP contribution >= 0.6 is 11.6 Å². The predicted molar refractivity (Wildman–Crippen MR) is 79.8 cm³/mol. The van der Waals surface area contributed by atoms with Crippen LogP contribution in [0.3, 0.4) is 0 Å². The zero-order valence-corrected chi connectivity index (χ0v) is 11.8. The maximum atomic E-state index is 10.6. The van der Waals surface area contributed by atoms with Crippen molar-refractivity contribution in [3.8, 4) is 0 Å². The van der Waals surface area contributed by atoms with Crippen molar-refractivity contribution in [2.75, 3.05) is 0 Å². The first-order valence-corrected chi connectivity index (χ1v) is 6.66. The molecule has 1 atom stereocenters. The lowest BCUT2D eigenvalue weighted by Gasteiger charge is -2.14. The van der Waals surface area contributed by atoms with Crippen molar-refractivity contribution in [1.82, 2.24) is 5.32 Å². The van der Waals surface area contributed by atoms with Gasteiger partial charge in [0.1, 0.15) is 0 Å². The summed E-state index contributed by atoms with van der Waals surface area (Å²) in [5.41, 5.74) is 2.27. The van der Waals surface area contributed by atoms with E-state index >= 15 is 0 Å². The minimum absolute atomic E-state index is 0.111. The molecule has 0 radical (unpaired) electrons. The van der Waals surface area contributed by atoms with Crippen molar-refractivity contribution in [2.45, 2.75) is 19.5 Å². The van der Waals surface area contributed by atoms with Gasteiger partial charge in [-0.2, -0.15) is 0 Å². The van der Waals surface area contributed by atoms with E-state index in [1.807, 2.05) is 24.3 Å². The summed E-state index contributed by atoms with van der Waals surface area (Å²) < 4.78 is 0. The highest BCUT2D eigenvalue weighted by Gasteiger charge is 2.06. The summed E-state index contributed by atoms with van der Waals surface area (Å²) in [6.07, 6.45) is 0. The third-order valence-electron chi connectivity index (χ3n) is 3.13. The van der Waals surface area contributed by atoms with Crippen LogP contribution in [0.2, 0.25) is 5.02 Å². The zero-order valence-electron chi connectivity index (χ0n) is 11.0. The monoisotopic (exact) mass is 290 g/mol.